The summed E-state index contributed by atoms with van der Waals surface area (Å²) in [5.74, 6) is 1.47. The van der Waals surface area contributed by atoms with Crippen LogP contribution in [0.2, 0.25) is 0 Å². The Kier molecular flexibility index (Phi) is 6.64. The molecular weight excluding hydrogens is 466 g/mol. The molecule has 1 saturated heterocycles. The first-order valence-electron chi connectivity index (χ1n) is 11.7. The van der Waals surface area contributed by atoms with Crippen molar-refractivity contribution in [2.45, 2.75) is 11.4 Å². The van der Waals surface area contributed by atoms with Crippen LogP contribution in [-0.4, -0.2) is 81.4 Å². The highest BCUT2D eigenvalue weighted by Gasteiger charge is 2.30. The van der Waals surface area contributed by atoms with Gasteiger partial charge in [0.15, 0.2) is 11.5 Å². The highest BCUT2D eigenvalue weighted by Crippen LogP contribution is 2.31. The zero-order chi connectivity index (χ0) is 24.4. The molecule has 3 aromatic rings. The molecule has 2 aliphatic heterocycles. The number of ether oxygens (including phenoxy) is 2. The molecular formula is C26H29N3O5S. The van der Waals surface area contributed by atoms with E-state index in [0.29, 0.717) is 32.8 Å². The maximum atomic E-state index is 13.2. The summed E-state index contributed by atoms with van der Waals surface area (Å²) in [6.07, 6.45) is 0. The lowest BCUT2D eigenvalue weighted by Crippen LogP contribution is -2.52. The normalized spacial score (nSPS) is 16.6. The zero-order valence-corrected chi connectivity index (χ0v) is 20.5. The van der Waals surface area contributed by atoms with E-state index in [1.165, 1.54) is 4.31 Å². The van der Waals surface area contributed by atoms with Gasteiger partial charge < -0.3 is 14.4 Å². The quantitative estimate of drug-likeness (QED) is 0.523. The Bertz CT molecular complexity index is 1340. The number of carbonyl (C=O) groups is 1. The fourth-order valence-corrected chi connectivity index (χ4v) is 6.00. The van der Waals surface area contributed by atoms with E-state index in [1.54, 1.807) is 17.0 Å². The number of hydrogen-bond acceptors (Lipinski definition) is 6. The first-order valence-corrected chi connectivity index (χ1v) is 13.2. The maximum absolute atomic E-state index is 13.2. The molecule has 0 radical (unpaired) electrons. The molecule has 0 aliphatic carbocycles. The van der Waals surface area contributed by atoms with Crippen molar-refractivity contribution < 1.29 is 22.7 Å². The highest BCUT2D eigenvalue weighted by molar-refractivity contribution is 7.89. The number of rotatable bonds is 6. The Labute approximate surface area is 205 Å². The molecule has 5 rings (SSSR count). The van der Waals surface area contributed by atoms with E-state index in [-0.39, 0.29) is 30.4 Å². The molecule has 2 aliphatic rings. The zero-order valence-electron chi connectivity index (χ0n) is 19.7. The molecule has 0 aromatic heterocycles. The molecule has 9 heteroatoms. The molecule has 3 aromatic carbocycles. The van der Waals surface area contributed by atoms with Gasteiger partial charge in [0.25, 0.3) is 0 Å². The van der Waals surface area contributed by atoms with Gasteiger partial charge in [-0.25, -0.2) is 8.42 Å². The van der Waals surface area contributed by atoms with Gasteiger partial charge >= 0.3 is 0 Å². The summed E-state index contributed by atoms with van der Waals surface area (Å²) >= 11 is 0. The average Bonchev–Trinajstić information content (AvgIpc) is 2.88. The van der Waals surface area contributed by atoms with Gasteiger partial charge in [0.1, 0.15) is 13.2 Å². The van der Waals surface area contributed by atoms with Crippen molar-refractivity contribution in [3.8, 4) is 11.5 Å². The van der Waals surface area contributed by atoms with Crippen LogP contribution in [-0.2, 0) is 21.4 Å². The van der Waals surface area contributed by atoms with E-state index in [1.807, 2.05) is 60.5 Å². The number of fused-ring (bicyclic) bond motifs is 2. The Morgan fingerprint density at radius 1 is 0.886 bits per heavy atom. The number of sulfonamides is 1. The van der Waals surface area contributed by atoms with Gasteiger partial charge in [-0.1, -0.05) is 36.4 Å². The minimum atomic E-state index is -3.61. The van der Waals surface area contributed by atoms with Crippen LogP contribution in [0.15, 0.2) is 65.6 Å². The number of amides is 1. The maximum Gasteiger partial charge on any atom is 0.243 e. The standard InChI is InChI=1S/C26H29N3O5S/c1-27(18-20-6-9-24-25(16-20)34-15-14-33-24)19-26(30)28-10-12-29(13-11-28)35(31,32)23-8-7-21-4-2-3-5-22(21)17-23/h2-9,16-17H,10-15,18-19H2,1H3. The van der Waals surface area contributed by atoms with Crippen molar-refractivity contribution in [3.63, 3.8) is 0 Å². The summed E-state index contributed by atoms with van der Waals surface area (Å²) in [7, 11) is -1.71. The van der Waals surface area contributed by atoms with Crippen LogP contribution in [0.25, 0.3) is 10.8 Å². The first-order chi connectivity index (χ1) is 16.9. The second-order valence-corrected chi connectivity index (χ2v) is 10.9. The van der Waals surface area contributed by atoms with Crippen LogP contribution in [0, 0.1) is 0 Å². The predicted molar refractivity (Wildman–Crippen MR) is 133 cm³/mol. The summed E-state index contributed by atoms with van der Waals surface area (Å²) in [6, 6.07) is 18.7. The topological polar surface area (TPSA) is 79.4 Å². The minimum absolute atomic E-state index is 0.00667. The lowest BCUT2D eigenvalue weighted by molar-refractivity contribution is -0.133. The molecule has 0 bridgehead atoms. The predicted octanol–water partition coefficient (Wildman–Crippen LogP) is 2.58. The molecule has 1 amide bonds. The highest BCUT2D eigenvalue weighted by atomic mass is 32.2. The smallest absolute Gasteiger partial charge is 0.243 e. The second kappa shape index (κ2) is 9.85. The van der Waals surface area contributed by atoms with E-state index < -0.39 is 10.0 Å². The van der Waals surface area contributed by atoms with E-state index in [0.717, 1.165) is 27.8 Å². The Morgan fingerprint density at radius 3 is 2.37 bits per heavy atom. The number of benzene rings is 3. The summed E-state index contributed by atoms with van der Waals surface area (Å²) in [6.45, 7) is 3.27. The molecule has 0 atom stereocenters. The van der Waals surface area contributed by atoms with Crippen LogP contribution in [0.5, 0.6) is 11.5 Å². The molecule has 0 spiro atoms. The molecule has 8 nitrogen and oxygen atoms in total. The van der Waals surface area contributed by atoms with E-state index in [2.05, 4.69) is 0 Å². The van der Waals surface area contributed by atoms with Gasteiger partial charge in [-0.2, -0.15) is 4.31 Å². The number of hydrogen-bond donors (Lipinski definition) is 0. The van der Waals surface area contributed by atoms with Crippen molar-refractivity contribution in [1.29, 1.82) is 0 Å². The average molecular weight is 496 g/mol. The molecule has 0 saturated carbocycles. The van der Waals surface area contributed by atoms with Gasteiger partial charge in [-0.05, 0) is 47.6 Å². The SMILES string of the molecule is CN(CC(=O)N1CCN(S(=O)(=O)c2ccc3ccccc3c2)CC1)Cc1ccc2c(c1)OCCO2. The largest absolute Gasteiger partial charge is 0.486 e. The number of nitrogens with zero attached hydrogens (tertiary/aromatic N) is 3. The van der Waals surface area contributed by atoms with Gasteiger partial charge in [0.2, 0.25) is 15.9 Å². The summed E-state index contributed by atoms with van der Waals surface area (Å²) in [5, 5.41) is 1.89. The van der Waals surface area contributed by atoms with Crippen LogP contribution >= 0.6 is 0 Å². The molecule has 184 valence electrons. The van der Waals surface area contributed by atoms with Gasteiger partial charge in [0, 0.05) is 32.7 Å². The molecule has 1 fully saturated rings. The van der Waals surface area contributed by atoms with Gasteiger partial charge in [0.05, 0.1) is 11.4 Å². The van der Waals surface area contributed by atoms with Crippen molar-refractivity contribution in [2.24, 2.45) is 0 Å². The van der Waals surface area contributed by atoms with Crippen LogP contribution in [0.3, 0.4) is 0 Å². The van der Waals surface area contributed by atoms with E-state index in [4.69, 9.17) is 9.47 Å². The third-order valence-corrected chi connectivity index (χ3v) is 8.31. The third-order valence-electron chi connectivity index (χ3n) is 6.41. The lowest BCUT2D eigenvalue weighted by Gasteiger charge is -2.34. The van der Waals surface area contributed by atoms with Gasteiger partial charge in [-0.15, -0.1) is 0 Å². The lowest BCUT2D eigenvalue weighted by atomic mass is 10.1. The monoisotopic (exact) mass is 495 g/mol. The summed E-state index contributed by atoms with van der Waals surface area (Å²) in [4.78, 5) is 16.9. The van der Waals surface area contributed by atoms with Crippen molar-refractivity contribution in [1.82, 2.24) is 14.1 Å². The number of piperazine rings is 1. The molecule has 35 heavy (non-hydrogen) atoms. The molecule has 0 unspecified atom stereocenters. The van der Waals surface area contributed by atoms with E-state index in [9.17, 15) is 13.2 Å². The van der Waals surface area contributed by atoms with Crippen LogP contribution < -0.4 is 9.47 Å². The first kappa shape index (κ1) is 23.6. The summed E-state index contributed by atoms with van der Waals surface area (Å²) < 4.78 is 39.0. The van der Waals surface area contributed by atoms with Crippen LogP contribution in [0.1, 0.15) is 5.56 Å². The fraction of sp³-hybridized carbons (Fsp3) is 0.346. The van der Waals surface area contributed by atoms with Crippen molar-refractivity contribution in [3.05, 3.63) is 66.2 Å². The van der Waals surface area contributed by atoms with Gasteiger partial charge in [-0.3, -0.25) is 9.69 Å². The van der Waals surface area contributed by atoms with Crippen molar-refractivity contribution in [2.75, 3.05) is 53.0 Å². The third kappa shape index (κ3) is 5.12. The minimum Gasteiger partial charge on any atom is -0.486 e. The number of likely N-dealkylation sites (N-methyl/N-ethyl adjacent to an activating group) is 1. The Balaban J connectivity index is 1.16. The van der Waals surface area contributed by atoms with E-state index >= 15 is 0 Å². The second-order valence-electron chi connectivity index (χ2n) is 8.94. The fourth-order valence-electron chi connectivity index (χ4n) is 4.54. The molecule has 0 N–H and O–H groups in total. The molecule has 2 heterocycles. The van der Waals surface area contributed by atoms with Crippen molar-refractivity contribution >= 4 is 26.7 Å². The van der Waals surface area contributed by atoms with Crippen LogP contribution in [0.4, 0.5) is 0 Å². The Morgan fingerprint density at radius 2 is 1.60 bits per heavy atom. The number of carbonyl (C=O) groups excluding carboxylic acids is 1. The Hall–Kier alpha value is -3.14. The summed E-state index contributed by atoms with van der Waals surface area (Å²) in [5.41, 5.74) is 1.04.